The van der Waals surface area contributed by atoms with Crippen molar-refractivity contribution in [3.8, 4) is 0 Å². The fourth-order valence-electron chi connectivity index (χ4n) is 2.54. The first kappa shape index (κ1) is 18.1. The van der Waals surface area contributed by atoms with Gasteiger partial charge in [0.25, 0.3) is 11.9 Å². The normalized spacial score (nSPS) is 15.5. The van der Waals surface area contributed by atoms with Gasteiger partial charge in [-0.15, -0.1) is 0 Å². The van der Waals surface area contributed by atoms with Gasteiger partial charge in [0.2, 0.25) is 17.6 Å². The molecule has 0 amide bonds. The molecule has 0 bridgehead atoms. The van der Waals surface area contributed by atoms with Crippen LogP contribution in [0.1, 0.15) is 5.69 Å². The standard InChI is InChI=1S/C14H10F7N5/c15-8-10(9(16)12(18)24-11(8)17)25-3-5-26(6-4-25)13-22-2-1-7(23-13)14(19,20)21/h1-2H,3-6H2. The molecule has 2 aromatic rings. The van der Waals surface area contributed by atoms with Crippen LogP contribution in [0.25, 0.3) is 0 Å². The van der Waals surface area contributed by atoms with Crippen LogP contribution in [-0.4, -0.2) is 41.1 Å². The summed E-state index contributed by atoms with van der Waals surface area (Å²) in [5.74, 6) is -7.02. The number of anilines is 2. The fourth-order valence-corrected chi connectivity index (χ4v) is 2.54. The van der Waals surface area contributed by atoms with E-state index in [2.05, 4.69) is 15.0 Å². The molecule has 0 atom stereocenters. The Hall–Kier alpha value is -2.66. The van der Waals surface area contributed by atoms with Crippen LogP contribution >= 0.6 is 0 Å². The Morgan fingerprint density at radius 1 is 0.808 bits per heavy atom. The maximum Gasteiger partial charge on any atom is 0.433 e. The molecule has 26 heavy (non-hydrogen) atoms. The second-order valence-corrected chi connectivity index (χ2v) is 5.38. The monoisotopic (exact) mass is 381 g/mol. The smallest absolute Gasteiger partial charge is 0.363 e. The first-order chi connectivity index (χ1) is 12.2. The average molecular weight is 381 g/mol. The molecule has 140 valence electrons. The van der Waals surface area contributed by atoms with E-state index in [4.69, 9.17) is 0 Å². The van der Waals surface area contributed by atoms with Crippen molar-refractivity contribution >= 4 is 11.6 Å². The van der Waals surface area contributed by atoms with E-state index in [1.54, 1.807) is 0 Å². The maximum absolute atomic E-state index is 13.8. The van der Waals surface area contributed by atoms with Gasteiger partial charge in [-0.3, -0.25) is 0 Å². The molecule has 3 heterocycles. The van der Waals surface area contributed by atoms with E-state index in [0.29, 0.717) is 6.07 Å². The molecule has 3 rings (SSSR count). The Morgan fingerprint density at radius 2 is 1.35 bits per heavy atom. The molecule has 0 aromatic carbocycles. The van der Waals surface area contributed by atoms with Crippen LogP contribution in [-0.2, 0) is 6.18 Å². The molecule has 0 aliphatic carbocycles. The summed E-state index contributed by atoms with van der Waals surface area (Å²) in [6, 6.07) is 0.715. The minimum atomic E-state index is -4.64. The summed E-state index contributed by atoms with van der Waals surface area (Å²) in [6.45, 7) is -0.246. The lowest BCUT2D eigenvalue weighted by Crippen LogP contribution is -2.48. The van der Waals surface area contributed by atoms with Gasteiger partial charge in [-0.05, 0) is 6.07 Å². The third-order valence-electron chi connectivity index (χ3n) is 3.79. The van der Waals surface area contributed by atoms with E-state index in [0.717, 1.165) is 11.1 Å². The number of nitrogens with zero attached hydrogens (tertiary/aromatic N) is 5. The molecule has 12 heteroatoms. The fraction of sp³-hybridized carbons (Fsp3) is 0.357. The minimum absolute atomic E-state index is 0.00818. The van der Waals surface area contributed by atoms with Gasteiger partial charge in [-0.25, -0.2) is 9.97 Å². The highest BCUT2D eigenvalue weighted by Crippen LogP contribution is 2.30. The van der Waals surface area contributed by atoms with Crippen LogP contribution < -0.4 is 9.80 Å². The van der Waals surface area contributed by atoms with E-state index in [1.165, 1.54) is 4.90 Å². The van der Waals surface area contributed by atoms with Gasteiger partial charge in [-0.2, -0.15) is 35.7 Å². The van der Waals surface area contributed by atoms with Crippen molar-refractivity contribution in [1.29, 1.82) is 0 Å². The number of aromatic nitrogens is 3. The van der Waals surface area contributed by atoms with Crippen molar-refractivity contribution in [3.63, 3.8) is 0 Å². The van der Waals surface area contributed by atoms with E-state index < -0.39 is 41.1 Å². The van der Waals surface area contributed by atoms with E-state index >= 15 is 0 Å². The second-order valence-electron chi connectivity index (χ2n) is 5.38. The number of piperazine rings is 1. The van der Waals surface area contributed by atoms with E-state index in [1.807, 2.05) is 0 Å². The predicted molar refractivity (Wildman–Crippen MR) is 75.5 cm³/mol. The average Bonchev–Trinajstić information content (AvgIpc) is 2.60. The topological polar surface area (TPSA) is 45.2 Å². The minimum Gasteiger partial charge on any atom is -0.363 e. The quantitative estimate of drug-likeness (QED) is 0.592. The zero-order chi connectivity index (χ0) is 19.1. The molecular weight excluding hydrogens is 371 g/mol. The van der Waals surface area contributed by atoms with Crippen molar-refractivity contribution in [2.75, 3.05) is 36.0 Å². The van der Waals surface area contributed by atoms with Gasteiger partial charge in [0, 0.05) is 32.4 Å². The molecule has 1 saturated heterocycles. The number of rotatable bonds is 2. The number of pyridine rings is 1. The molecule has 0 spiro atoms. The van der Waals surface area contributed by atoms with Crippen molar-refractivity contribution in [2.24, 2.45) is 0 Å². The van der Waals surface area contributed by atoms with Gasteiger partial charge < -0.3 is 9.80 Å². The van der Waals surface area contributed by atoms with Crippen molar-refractivity contribution in [1.82, 2.24) is 15.0 Å². The first-order valence-corrected chi connectivity index (χ1v) is 7.28. The third-order valence-corrected chi connectivity index (χ3v) is 3.79. The lowest BCUT2D eigenvalue weighted by molar-refractivity contribution is -0.141. The number of alkyl halides is 3. The van der Waals surface area contributed by atoms with Gasteiger partial charge in [0.1, 0.15) is 11.4 Å². The van der Waals surface area contributed by atoms with Gasteiger partial charge in [-0.1, -0.05) is 0 Å². The number of hydrogen-bond donors (Lipinski definition) is 0. The predicted octanol–water partition coefficient (Wildman–Crippen LogP) is 2.77. The second kappa shape index (κ2) is 6.57. The van der Waals surface area contributed by atoms with Crippen LogP contribution in [0.3, 0.4) is 0 Å². The van der Waals surface area contributed by atoms with Crippen molar-refractivity contribution < 1.29 is 30.7 Å². The van der Waals surface area contributed by atoms with Crippen LogP contribution in [0, 0.1) is 23.5 Å². The number of hydrogen-bond acceptors (Lipinski definition) is 5. The summed E-state index contributed by atoms with van der Waals surface area (Å²) in [6.07, 6.45) is -3.69. The number of halogens is 7. The highest BCUT2D eigenvalue weighted by Gasteiger charge is 2.34. The molecule has 2 aromatic heterocycles. The largest absolute Gasteiger partial charge is 0.433 e. The Balaban J connectivity index is 1.79. The summed E-state index contributed by atoms with van der Waals surface area (Å²) >= 11 is 0. The van der Waals surface area contributed by atoms with E-state index in [9.17, 15) is 30.7 Å². The lowest BCUT2D eigenvalue weighted by atomic mass is 10.2. The maximum atomic E-state index is 13.8. The van der Waals surface area contributed by atoms with Crippen LogP contribution in [0.15, 0.2) is 12.3 Å². The van der Waals surface area contributed by atoms with Gasteiger partial charge in [0.15, 0.2) is 0 Å². The summed E-state index contributed by atoms with van der Waals surface area (Å²) in [5, 5.41) is 0. The Morgan fingerprint density at radius 3 is 1.88 bits per heavy atom. The summed E-state index contributed by atoms with van der Waals surface area (Å²) in [7, 11) is 0. The zero-order valence-electron chi connectivity index (χ0n) is 12.9. The molecule has 0 N–H and O–H groups in total. The Kier molecular flexibility index (Phi) is 4.59. The third kappa shape index (κ3) is 3.35. The lowest BCUT2D eigenvalue weighted by Gasteiger charge is -2.36. The summed E-state index contributed by atoms with van der Waals surface area (Å²) < 4.78 is 92.1. The summed E-state index contributed by atoms with van der Waals surface area (Å²) in [5.41, 5.74) is -2.03. The molecule has 1 fully saturated rings. The van der Waals surface area contributed by atoms with Gasteiger partial charge in [0.05, 0.1) is 0 Å². The highest BCUT2D eigenvalue weighted by molar-refractivity contribution is 5.50. The van der Waals surface area contributed by atoms with Crippen LogP contribution in [0.5, 0.6) is 0 Å². The Bertz CT molecular complexity index is 792. The molecule has 0 unspecified atom stereocenters. The van der Waals surface area contributed by atoms with Crippen LogP contribution in [0.4, 0.5) is 42.4 Å². The molecule has 0 saturated carbocycles. The zero-order valence-corrected chi connectivity index (χ0v) is 12.9. The molecule has 1 aliphatic rings. The van der Waals surface area contributed by atoms with Gasteiger partial charge >= 0.3 is 6.18 Å². The van der Waals surface area contributed by atoms with E-state index in [-0.39, 0.29) is 32.1 Å². The van der Waals surface area contributed by atoms with Crippen LogP contribution in [0.2, 0.25) is 0 Å². The Labute approximate surface area is 142 Å². The van der Waals surface area contributed by atoms with Crippen molar-refractivity contribution in [3.05, 3.63) is 41.5 Å². The highest BCUT2D eigenvalue weighted by atomic mass is 19.4. The molecule has 1 aliphatic heterocycles. The van der Waals surface area contributed by atoms with Crippen molar-refractivity contribution in [2.45, 2.75) is 6.18 Å². The SMILES string of the molecule is Fc1nc(F)c(F)c(N2CCN(c3nccc(C(F)(F)F)n3)CC2)c1F. The molecule has 0 radical (unpaired) electrons. The summed E-state index contributed by atoms with van der Waals surface area (Å²) in [4.78, 5) is 12.1. The molecule has 5 nitrogen and oxygen atoms in total. The molecular formula is C14H10F7N5. The first-order valence-electron chi connectivity index (χ1n) is 7.28.